The van der Waals surface area contributed by atoms with E-state index in [1.165, 1.54) is 0 Å². The van der Waals surface area contributed by atoms with E-state index in [0.717, 1.165) is 12.1 Å². The Morgan fingerprint density at radius 3 is 1.86 bits per heavy atom. The van der Waals surface area contributed by atoms with E-state index in [2.05, 4.69) is 9.98 Å². The van der Waals surface area contributed by atoms with E-state index in [1.54, 1.807) is 0 Å². The molecule has 1 aromatic rings. The van der Waals surface area contributed by atoms with Crippen molar-refractivity contribution in [2.24, 2.45) is 16.5 Å². The molecule has 0 aromatic carbocycles. The minimum absolute atomic E-state index is 0.0398. The molecular formula is C9H8F6N4O2. The van der Waals surface area contributed by atoms with Gasteiger partial charge in [0, 0.05) is 6.20 Å². The molecule has 21 heavy (non-hydrogen) atoms. The zero-order chi connectivity index (χ0) is 16.8. The van der Waals surface area contributed by atoms with E-state index in [-0.39, 0.29) is 11.8 Å². The van der Waals surface area contributed by atoms with Gasteiger partial charge in [0.05, 0.1) is 5.56 Å². The van der Waals surface area contributed by atoms with E-state index < -0.39 is 23.9 Å². The van der Waals surface area contributed by atoms with Gasteiger partial charge < -0.3 is 16.6 Å². The van der Waals surface area contributed by atoms with Gasteiger partial charge in [0.1, 0.15) is 0 Å². The molecule has 0 amide bonds. The second-order valence-electron chi connectivity index (χ2n) is 3.24. The smallest absolute Gasteiger partial charge is 0.475 e. The van der Waals surface area contributed by atoms with Crippen molar-refractivity contribution in [2.45, 2.75) is 12.4 Å². The molecule has 0 aliphatic carbocycles. The number of carboxylic acids is 1. The maximum atomic E-state index is 12.1. The molecule has 1 heterocycles. The Balaban J connectivity index is 0.000000486. The molecule has 5 N–H and O–H groups in total. The van der Waals surface area contributed by atoms with Gasteiger partial charge in [-0.15, -0.1) is 0 Å². The lowest BCUT2D eigenvalue weighted by molar-refractivity contribution is -0.192. The molecule has 118 valence electrons. The minimum Gasteiger partial charge on any atom is -0.475 e. The van der Waals surface area contributed by atoms with E-state index in [9.17, 15) is 26.3 Å². The summed E-state index contributed by atoms with van der Waals surface area (Å²) in [4.78, 5) is 15.8. The summed E-state index contributed by atoms with van der Waals surface area (Å²) in [5.41, 5.74) is 9.19. The van der Waals surface area contributed by atoms with Crippen molar-refractivity contribution < 1.29 is 36.2 Å². The van der Waals surface area contributed by atoms with Crippen molar-refractivity contribution in [3.05, 3.63) is 23.9 Å². The number of aliphatic carboxylic acids is 1. The Kier molecular flexibility index (Phi) is 5.95. The molecule has 1 aromatic heterocycles. The lowest BCUT2D eigenvalue weighted by Gasteiger charge is -2.04. The largest absolute Gasteiger partial charge is 0.490 e. The lowest BCUT2D eigenvalue weighted by atomic mass is 10.3. The molecule has 0 atom stereocenters. The van der Waals surface area contributed by atoms with Crippen molar-refractivity contribution in [1.29, 1.82) is 0 Å². The fourth-order valence-electron chi connectivity index (χ4n) is 0.752. The van der Waals surface area contributed by atoms with Gasteiger partial charge in [0.15, 0.2) is 11.8 Å². The van der Waals surface area contributed by atoms with Gasteiger partial charge in [-0.2, -0.15) is 31.3 Å². The molecule has 0 spiro atoms. The molecule has 0 saturated carbocycles. The van der Waals surface area contributed by atoms with Gasteiger partial charge >= 0.3 is 18.3 Å². The van der Waals surface area contributed by atoms with E-state index in [4.69, 9.17) is 21.4 Å². The molecule has 6 nitrogen and oxygen atoms in total. The zero-order valence-corrected chi connectivity index (χ0v) is 9.90. The summed E-state index contributed by atoms with van der Waals surface area (Å²) < 4.78 is 67.9. The lowest BCUT2D eigenvalue weighted by Crippen LogP contribution is -2.22. The first-order valence-electron chi connectivity index (χ1n) is 4.77. The number of alkyl halides is 6. The van der Waals surface area contributed by atoms with Crippen LogP contribution in [0.1, 0.15) is 5.56 Å². The molecule has 0 aliphatic heterocycles. The molecule has 0 unspecified atom stereocenters. The number of nitrogens with zero attached hydrogens (tertiary/aromatic N) is 2. The van der Waals surface area contributed by atoms with Crippen molar-refractivity contribution in [3.8, 4) is 0 Å². The summed E-state index contributed by atoms with van der Waals surface area (Å²) in [7, 11) is 0. The number of hydrogen-bond acceptors (Lipinski definition) is 3. The second kappa shape index (κ2) is 6.76. The van der Waals surface area contributed by atoms with Gasteiger partial charge in [-0.25, -0.2) is 9.78 Å². The molecule has 0 fully saturated rings. The van der Waals surface area contributed by atoms with Crippen molar-refractivity contribution >= 4 is 17.7 Å². The third kappa shape index (κ3) is 7.59. The number of aromatic nitrogens is 1. The predicted octanol–water partition coefficient (Wildman–Crippen LogP) is 1.64. The van der Waals surface area contributed by atoms with Crippen LogP contribution < -0.4 is 11.5 Å². The topological polar surface area (TPSA) is 115 Å². The van der Waals surface area contributed by atoms with Gasteiger partial charge in [-0.05, 0) is 12.1 Å². The number of nitrogens with two attached hydrogens (primary N) is 2. The van der Waals surface area contributed by atoms with Gasteiger partial charge in [0.25, 0.3) is 0 Å². The summed E-state index contributed by atoms with van der Waals surface area (Å²) in [6.45, 7) is 0. The number of halogens is 6. The monoisotopic (exact) mass is 318 g/mol. The fraction of sp³-hybridized carbons (Fsp3) is 0.222. The Hall–Kier alpha value is -2.53. The maximum Gasteiger partial charge on any atom is 0.490 e. The van der Waals surface area contributed by atoms with Crippen LogP contribution in [0.3, 0.4) is 0 Å². The van der Waals surface area contributed by atoms with Crippen LogP contribution in [0.5, 0.6) is 0 Å². The number of hydrogen-bond donors (Lipinski definition) is 3. The van der Waals surface area contributed by atoms with Crippen molar-refractivity contribution in [1.82, 2.24) is 4.98 Å². The number of pyridine rings is 1. The molecule has 12 heteroatoms. The SMILES string of the molecule is NC(N)=Nc1ccc(C(F)(F)F)cn1.O=C(O)C(F)(F)F. The van der Waals surface area contributed by atoms with Crippen molar-refractivity contribution in [2.75, 3.05) is 0 Å². The predicted molar refractivity (Wildman–Crippen MR) is 58.4 cm³/mol. The quantitative estimate of drug-likeness (QED) is 0.414. The molecular weight excluding hydrogens is 310 g/mol. The van der Waals surface area contributed by atoms with Crippen LogP contribution in [0.2, 0.25) is 0 Å². The number of carbonyl (C=O) groups is 1. The fourth-order valence-corrected chi connectivity index (χ4v) is 0.752. The van der Waals surface area contributed by atoms with E-state index in [1.807, 2.05) is 0 Å². The van der Waals surface area contributed by atoms with E-state index >= 15 is 0 Å². The highest BCUT2D eigenvalue weighted by atomic mass is 19.4. The van der Waals surface area contributed by atoms with E-state index in [0.29, 0.717) is 6.20 Å². The maximum absolute atomic E-state index is 12.1. The summed E-state index contributed by atoms with van der Waals surface area (Å²) >= 11 is 0. The molecule has 1 rings (SSSR count). The van der Waals surface area contributed by atoms with Crippen LogP contribution in [0.15, 0.2) is 23.3 Å². The molecule has 0 aliphatic rings. The molecule has 0 saturated heterocycles. The molecule has 0 radical (unpaired) electrons. The average molecular weight is 318 g/mol. The van der Waals surface area contributed by atoms with Crippen LogP contribution in [-0.2, 0) is 11.0 Å². The van der Waals surface area contributed by atoms with Crippen LogP contribution in [-0.4, -0.2) is 28.2 Å². The first kappa shape index (κ1) is 18.5. The number of aliphatic imine (C=N–C) groups is 1. The first-order chi connectivity index (χ1) is 9.34. The minimum atomic E-state index is -5.08. The number of carboxylic acid groups (broad SMARTS) is 1. The van der Waals surface area contributed by atoms with Gasteiger partial charge in [-0.3, -0.25) is 0 Å². The number of guanidine groups is 1. The first-order valence-corrected chi connectivity index (χ1v) is 4.77. The van der Waals surface area contributed by atoms with Crippen LogP contribution in [0.4, 0.5) is 32.2 Å². The number of rotatable bonds is 1. The zero-order valence-electron chi connectivity index (χ0n) is 9.90. The summed E-state index contributed by atoms with van der Waals surface area (Å²) in [5, 5.41) is 7.12. The second-order valence-corrected chi connectivity index (χ2v) is 3.24. The highest BCUT2D eigenvalue weighted by molar-refractivity contribution is 5.78. The molecule has 0 bridgehead atoms. The Morgan fingerprint density at radius 1 is 1.14 bits per heavy atom. The highest BCUT2D eigenvalue weighted by Crippen LogP contribution is 2.29. The van der Waals surface area contributed by atoms with Crippen LogP contribution in [0, 0.1) is 0 Å². The highest BCUT2D eigenvalue weighted by Gasteiger charge is 2.38. The summed E-state index contributed by atoms with van der Waals surface area (Å²) in [5.74, 6) is -2.97. The summed E-state index contributed by atoms with van der Waals surface area (Å²) in [6.07, 6.45) is -8.81. The summed E-state index contributed by atoms with van der Waals surface area (Å²) in [6, 6.07) is 1.94. The van der Waals surface area contributed by atoms with Gasteiger partial charge in [0.2, 0.25) is 0 Å². The third-order valence-electron chi connectivity index (χ3n) is 1.56. The Bertz CT molecular complexity index is 504. The van der Waals surface area contributed by atoms with Crippen LogP contribution in [0.25, 0.3) is 0 Å². The standard InChI is InChI=1S/C7H7F3N4.C2HF3O2/c8-7(9,10)4-1-2-5(13-3-4)14-6(11)12;3-2(4,5)1(6)7/h1-3H,(H4,11,12,13,14);(H,6,7). The van der Waals surface area contributed by atoms with Crippen LogP contribution >= 0.6 is 0 Å². The third-order valence-corrected chi connectivity index (χ3v) is 1.56. The Morgan fingerprint density at radius 2 is 1.62 bits per heavy atom. The van der Waals surface area contributed by atoms with Crippen molar-refractivity contribution in [3.63, 3.8) is 0 Å². The average Bonchev–Trinajstić information content (AvgIpc) is 2.27. The Labute approximate surface area is 113 Å². The van der Waals surface area contributed by atoms with Gasteiger partial charge in [-0.1, -0.05) is 0 Å². The normalized spacial score (nSPS) is 11.1.